The van der Waals surface area contributed by atoms with Gasteiger partial charge in [-0.25, -0.2) is 0 Å². The molecule has 0 radical (unpaired) electrons. The second-order valence-corrected chi connectivity index (χ2v) is 4.53. The Bertz CT molecular complexity index is 172. The van der Waals surface area contributed by atoms with Gasteiger partial charge in [0, 0.05) is 0 Å². The molecule has 1 aliphatic rings. The second-order valence-electron chi connectivity index (χ2n) is 4.53. The maximum absolute atomic E-state index is 2.29. The second kappa shape index (κ2) is 4.11. The van der Waals surface area contributed by atoms with Crippen LogP contribution in [0.4, 0.5) is 0 Å². The molecule has 70 valence electrons. The maximum Gasteiger partial charge on any atom is -0.0289 e. The van der Waals surface area contributed by atoms with E-state index >= 15 is 0 Å². The molecule has 0 bridgehead atoms. The Hall–Kier alpha value is -0.260. The Balaban J connectivity index is 2.23. The Morgan fingerprint density at radius 1 is 1.17 bits per heavy atom. The highest BCUT2D eigenvalue weighted by Crippen LogP contribution is 2.46. The molecule has 0 spiro atoms. The van der Waals surface area contributed by atoms with E-state index in [1.54, 1.807) is 5.57 Å². The fourth-order valence-electron chi connectivity index (χ4n) is 1.88. The Morgan fingerprint density at radius 2 is 1.83 bits per heavy atom. The summed E-state index contributed by atoms with van der Waals surface area (Å²) in [7, 11) is 0. The minimum atomic E-state index is 1.04. The average molecular weight is 166 g/mol. The summed E-state index contributed by atoms with van der Waals surface area (Å²) in [6, 6.07) is 0. The summed E-state index contributed by atoms with van der Waals surface area (Å²) in [4.78, 5) is 0. The third-order valence-corrected chi connectivity index (χ3v) is 3.15. The van der Waals surface area contributed by atoms with Crippen LogP contribution in [0.25, 0.3) is 0 Å². The first-order valence-corrected chi connectivity index (χ1v) is 5.28. The smallest absolute Gasteiger partial charge is 0.0289 e. The molecule has 0 heterocycles. The van der Waals surface area contributed by atoms with Crippen molar-refractivity contribution in [3.63, 3.8) is 0 Å². The van der Waals surface area contributed by atoms with Gasteiger partial charge < -0.3 is 0 Å². The van der Waals surface area contributed by atoms with Crippen molar-refractivity contribution in [2.24, 2.45) is 11.8 Å². The molecule has 1 saturated carbocycles. The minimum absolute atomic E-state index is 1.04. The van der Waals surface area contributed by atoms with Crippen molar-refractivity contribution >= 4 is 0 Å². The summed E-state index contributed by atoms with van der Waals surface area (Å²) in [5.41, 5.74) is 3.15. The zero-order valence-electron chi connectivity index (χ0n) is 8.98. The predicted octanol–water partition coefficient (Wildman–Crippen LogP) is 4.17. The molecular formula is C12H22. The monoisotopic (exact) mass is 166 g/mol. The van der Waals surface area contributed by atoms with Crippen LogP contribution in [0.5, 0.6) is 0 Å². The van der Waals surface area contributed by atoms with Gasteiger partial charge in [0.2, 0.25) is 0 Å². The van der Waals surface area contributed by atoms with E-state index in [0.717, 1.165) is 11.8 Å². The van der Waals surface area contributed by atoms with Crippen molar-refractivity contribution in [1.82, 2.24) is 0 Å². The highest BCUT2D eigenvalue weighted by molar-refractivity contribution is 5.10. The third-order valence-electron chi connectivity index (χ3n) is 3.15. The number of hydrogen-bond acceptors (Lipinski definition) is 0. The molecule has 0 aromatic carbocycles. The highest BCUT2D eigenvalue weighted by atomic mass is 14.4. The first-order chi connectivity index (χ1) is 5.65. The van der Waals surface area contributed by atoms with E-state index in [0.29, 0.717) is 0 Å². The van der Waals surface area contributed by atoms with E-state index in [2.05, 4.69) is 27.7 Å². The summed E-state index contributed by atoms with van der Waals surface area (Å²) in [5.74, 6) is 2.11. The molecule has 0 heteroatoms. The summed E-state index contributed by atoms with van der Waals surface area (Å²) >= 11 is 0. The largest absolute Gasteiger partial charge is 0.0775 e. The first kappa shape index (κ1) is 9.83. The van der Waals surface area contributed by atoms with E-state index in [9.17, 15) is 0 Å². The minimum Gasteiger partial charge on any atom is -0.0775 e. The lowest BCUT2D eigenvalue weighted by Gasteiger charge is -2.02. The Kier molecular flexibility index (Phi) is 3.37. The van der Waals surface area contributed by atoms with Crippen LogP contribution < -0.4 is 0 Å². The molecule has 12 heavy (non-hydrogen) atoms. The standard InChI is InChI=1S/C12H22/c1-5-6-11-8-12(11)7-10(4)9(2)3/h11-12H,5-8H2,1-4H3. The molecule has 2 unspecified atom stereocenters. The van der Waals surface area contributed by atoms with Crippen LogP contribution >= 0.6 is 0 Å². The van der Waals surface area contributed by atoms with E-state index in [-0.39, 0.29) is 0 Å². The Morgan fingerprint density at radius 3 is 2.33 bits per heavy atom. The van der Waals surface area contributed by atoms with Gasteiger partial charge in [-0.2, -0.15) is 0 Å². The zero-order chi connectivity index (χ0) is 9.14. The predicted molar refractivity (Wildman–Crippen MR) is 55.2 cm³/mol. The van der Waals surface area contributed by atoms with Gasteiger partial charge in [0.05, 0.1) is 0 Å². The van der Waals surface area contributed by atoms with Crippen LogP contribution in [0.3, 0.4) is 0 Å². The van der Waals surface area contributed by atoms with Crippen LogP contribution in [0.1, 0.15) is 53.4 Å². The van der Waals surface area contributed by atoms with Crippen LogP contribution in [0, 0.1) is 11.8 Å². The Labute approximate surface area is 77.1 Å². The van der Waals surface area contributed by atoms with E-state index in [4.69, 9.17) is 0 Å². The SMILES string of the molecule is CCCC1CC1CC(C)=C(C)C. The van der Waals surface area contributed by atoms with Crippen molar-refractivity contribution in [2.75, 3.05) is 0 Å². The zero-order valence-corrected chi connectivity index (χ0v) is 8.98. The number of rotatable bonds is 4. The van der Waals surface area contributed by atoms with Gasteiger partial charge in [-0.3, -0.25) is 0 Å². The van der Waals surface area contributed by atoms with Crippen molar-refractivity contribution in [3.8, 4) is 0 Å². The molecule has 1 aliphatic carbocycles. The normalized spacial score (nSPS) is 27.0. The van der Waals surface area contributed by atoms with E-state index in [1.807, 2.05) is 0 Å². The fourth-order valence-corrected chi connectivity index (χ4v) is 1.88. The molecule has 0 aromatic rings. The molecule has 1 fully saturated rings. The molecular weight excluding hydrogens is 144 g/mol. The van der Waals surface area contributed by atoms with Crippen molar-refractivity contribution in [1.29, 1.82) is 0 Å². The quantitative estimate of drug-likeness (QED) is 0.550. The van der Waals surface area contributed by atoms with Gasteiger partial charge in [-0.1, -0.05) is 30.9 Å². The molecule has 0 saturated heterocycles. The molecule has 0 amide bonds. The van der Waals surface area contributed by atoms with Gasteiger partial charge in [-0.15, -0.1) is 0 Å². The molecule has 0 nitrogen and oxygen atoms in total. The summed E-state index contributed by atoms with van der Waals surface area (Å²) in [6.45, 7) is 9.04. The average Bonchev–Trinajstić information content (AvgIpc) is 2.68. The summed E-state index contributed by atoms with van der Waals surface area (Å²) in [5, 5.41) is 0. The van der Waals surface area contributed by atoms with Crippen LogP contribution in [0.15, 0.2) is 11.1 Å². The van der Waals surface area contributed by atoms with Gasteiger partial charge in [0.1, 0.15) is 0 Å². The van der Waals surface area contributed by atoms with E-state index in [1.165, 1.54) is 31.3 Å². The molecule has 0 N–H and O–H groups in total. The lowest BCUT2D eigenvalue weighted by molar-refractivity contribution is 0.627. The van der Waals surface area contributed by atoms with E-state index < -0.39 is 0 Å². The molecule has 0 aromatic heterocycles. The van der Waals surface area contributed by atoms with Gasteiger partial charge in [0.25, 0.3) is 0 Å². The van der Waals surface area contributed by atoms with Gasteiger partial charge in [0.15, 0.2) is 0 Å². The molecule has 1 rings (SSSR count). The fraction of sp³-hybridized carbons (Fsp3) is 0.833. The lowest BCUT2D eigenvalue weighted by Crippen LogP contribution is -1.86. The van der Waals surface area contributed by atoms with Crippen LogP contribution in [-0.4, -0.2) is 0 Å². The van der Waals surface area contributed by atoms with Crippen molar-refractivity contribution in [2.45, 2.75) is 53.4 Å². The third kappa shape index (κ3) is 2.66. The highest BCUT2D eigenvalue weighted by Gasteiger charge is 2.35. The summed E-state index contributed by atoms with van der Waals surface area (Å²) < 4.78 is 0. The summed E-state index contributed by atoms with van der Waals surface area (Å²) in [6.07, 6.45) is 5.70. The molecule has 0 aliphatic heterocycles. The maximum atomic E-state index is 2.29. The van der Waals surface area contributed by atoms with Crippen LogP contribution in [-0.2, 0) is 0 Å². The molecule has 2 atom stereocenters. The number of hydrogen-bond donors (Lipinski definition) is 0. The van der Waals surface area contributed by atoms with Crippen molar-refractivity contribution < 1.29 is 0 Å². The van der Waals surface area contributed by atoms with Crippen molar-refractivity contribution in [3.05, 3.63) is 11.1 Å². The van der Waals surface area contributed by atoms with Crippen LogP contribution in [0.2, 0.25) is 0 Å². The first-order valence-electron chi connectivity index (χ1n) is 5.28. The topological polar surface area (TPSA) is 0 Å². The van der Waals surface area contributed by atoms with Gasteiger partial charge >= 0.3 is 0 Å². The van der Waals surface area contributed by atoms with Gasteiger partial charge in [-0.05, 0) is 45.4 Å². The lowest BCUT2D eigenvalue weighted by atomic mass is 10.0. The number of allylic oxidation sites excluding steroid dienone is 2.